The van der Waals surface area contributed by atoms with Crippen LogP contribution in [0.3, 0.4) is 0 Å². The zero-order valence-corrected chi connectivity index (χ0v) is 20.3. The van der Waals surface area contributed by atoms with Crippen molar-refractivity contribution in [1.82, 2.24) is 0 Å². The number of carbonyl (C=O) groups excluding carboxylic acids is 3. The fourth-order valence-electron chi connectivity index (χ4n) is 5.52. The Morgan fingerprint density at radius 2 is 1.55 bits per heavy atom. The Balaban J connectivity index is 1.49. The number of benzene rings is 2. The molecule has 0 aromatic heterocycles. The summed E-state index contributed by atoms with van der Waals surface area (Å²) >= 11 is 7.43. The van der Waals surface area contributed by atoms with Crippen molar-refractivity contribution in [3.8, 4) is 0 Å². The molecule has 2 aliphatic carbocycles. The average molecular weight is 546 g/mol. The Labute approximate surface area is 197 Å². The van der Waals surface area contributed by atoms with Crippen LogP contribution in [0.4, 0.5) is 11.4 Å². The number of aryl methyl sites for hydroxylation is 1. The van der Waals surface area contributed by atoms with E-state index in [4.69, 9.17) is 0 Å². The van der Waals surface area contributed by atoms with Crippen molar-refractivity contribution in [2.75, 3.05) is 10.2 Å². The highest BCUT2D eigenvalue weighted by Gasteiger charge is 2.66. The normalized spacial score (nSPS) is 31.3. The van der Waals surface area contributed by atoms with Crippen LogP contribution in [-0.4, -0.2) is 27.4 Å². The fourth-order valence-corrected chi connectivity index (χ4v) is 7.40. The first kappa shape index (κ1) is 20.9. The molecule has 31 heavy (non-hydrogen) atoms. The molecule has 3 amide bonds. The van der Waals surface area contributed by atoms with E-state index in [0.717, 1.165) is 23.2 Å². The molecule has 5 rings (SSSR count). The molecule has 5 nitrogen and oxygen atoms in total. The van der Waals surface area contributed by atoms with Gasteiger partial charge in [-0.1, -0.05) is 56.1 Å². The van der Waals surface area contributed by atoms with Crippen LogP contribution in [-0.2, 0) is 9.59 Å². The molecule has 6 atom stereocenters. The molecule has 1 saturated heterocycles. The van der Waals surface area contributed by atoms with E-state index in [1.807, 2.05) is 32.0 Å². The number of rotatable bonds is 3. The smallest absolute Gasteiger partial charge is 0.257 e. The molecule has 2 saturated carbocycles. The third kappa shape index (κ3) is 3.04. The third-order valence-electron chi connectivity index (χ3n) is 7.23. The summed E-state index contributed by atoms with van der Waals surface area (Å²) in [4.78, 5) is 41.6. The maximum absolute atomic E-state index is 13.4. The zero-order chi connectivity index (χ0) is 22.0. The maximum atomic E-state index is 13.4. The second-order valence-corrected chi connectivity index (χ2v) is 10.8. The molecule has 1 aliphatic heterocycles. The minimum Gasteiger partial charge on any atom is -0.322 e. The van der Waals surface area contributed by atoms with Crippen molar-refractivity contribution in [3.63, 3.8) is 0 Å². The number of anilines is 2. The number of amides is 3. The van der Waals surface area contributed by atoms with Crippen molar-refractivity contribution in [1.29, 1.82) is 0 Å². The van der Waals surface area contributed by atoms with Gasteiger partial charge in [-0.2, -0.15) is 0 Å². The van der Waals surface area contributed by atoms with E-state index in [2.05, 4.69) is 37.2 Å². The quantitative estimate of drug-likeness (QED) is 0.443. The van der Waals surface area contributed by atoms with Gasteiger partial charge in [0.2, 0.25) is 11.8 Å². The molecule has 1 heterocycles. The van der Waals surface area contributed by atoms with Crippen LogP contribution >= 0.6 is 31.9 Å². The number of fused-ring (bicyclic) bond motifs is 5. The average Bonchev–Trinajstić information content (AvgIpc) is 3.36. The van der Waals surface area contributed by atoms with Crippen LogP contribution in [0.25, 0.3) is 0 Å². The van der Waals surface area contributed by atoms with Gasteiger partial charge in [0, 0.05) is 15.3 Å². The number of hydrogen-bond donors (Lipinski definition) is 1. The van der Waals surface area contributed by atoms with E-state index < -0.39 is 0 Å². The van der Waals surface area contributed by atoms with Gasteiger partial charge in [-0.15, -0.1) is 0 Å². The molecule has 2 aromatic carbocycles. The van der Waals surface area contributed by atoms with Gasteiger partial charge >= 0.3 is 0 Å². The SMILES string of the molecule is Cc1cccc(NC(=O)c2ccccc2N2C(=O)[C@@H]3[C@H]4C[C@@H]([C@H](Br)[C@H]4Br)[C@H]3C2=O)c1C. The lowest BCUT2D eigenvalue weighted by atomic mass is 9.81. The number of nitrogens with zero attached hydrogens (tertiary/aromatic N) is 1. The van der Waals surface area contributed by atoms with Gasteiger partial charge in [0.15, 0.2) is 0 Å². The van der Waals surface area contributed by atoms with Crippen LogP contribution in [0.2, 0.25) is 0 Å². The summed E-state index contributed by atoms with van der Waals surface area (Å²) in [7, 11) is 0. The molecule has 0 radical (unpaired) electrons. The summed E-state index contributed by atoms with van der Waals surface area (Å²) in [6.07, 6.45) is 0.876. The number of imide groups is 1. The van der Waals surface area contributed by atoms with Gasteiger partial charge in [-0.05, 0) is 61.4 Å². The van der Waals surface area contributed by atoms with E-state index in [1.54, 1.807) is 24.3 Å². The fraction of sp³-hybridized carbons (Fsp3) is 0.375. The van der Waals surface area contributed by atoms with E-state index >= 15 is 0 Å². The highest BCUT2D eigenvalue weighted by atomic mass is 79.9. The van der Waals surface area contributed by atoms with Crippen LogP contribution in [0.15, 0.2) is 42.5 Å². The van der Waals surface area contributed by atoms with Crippen molar-refractivity contribution in [2.24, 2.45) is 23.7 Å². The second-order valence-electron chi connectivity index (χ2n) is 8.73. The number of para-hydroxylation sites is 1. The van der Waals surface area contributed by atoms with E-state index in [-0.39, 0.29) is 51.0 Å². The lowest BCUT2D eigenvalue weighted by molar-refractivity contribution is -0.123. The summed E-state index contributed by atoms with van der Waals surface area (Å²) in [5.74, 6) is -1.05. The predicted molar refractivity (Wildman–Crippen MR) is 127 cm³/mol. The lowest BCUT2D eigenvalue weighted by Gasteiger charge is -2.28. The summed E-state index contributed by atoms with van der Waals surface area (Å²) in [5.41, 5.74) is 3.47. The monoisotopic (exact) mass is 544 g/mol. The number of hydrogen-bond acceptors (Lipinski definition) is 3. The van der Waals surface area contributed by atoms with Gasteiger partial charge < -0.3 is 5.32 Å². The van der Waals surface area contributed by atoms with Crippen molar-refractivity contribution in [3.05, 3.63) is 59.2 Å². The molecule has 1 N–H and O–H groups in total. The first-order valence-electron chi connectivity index (χ1n) is 10.4. The van der Waals surface area contributed by atoms with Gasteiger partial charge in [0.25, 0.3) is 5.91 Å². The molecule has 2 aromatic rings. The molecule has 0 spiro atoms. The number of carbonyl (C=O) groups is 3. The van der Waals surface area contributed by atoms with Crippen LogP contribution < -0.4 is 10.2 Å². The Hall–Kier alpha value is -1.99. The molecular formula is C24H22Br2N2O3. The van der Waals surface area contributed by atoms with E-state index in [9.17, 15) is 14.4 Å². The van der Waals surface area contributed by atoms with Crippen molar-refractivity contribution >= 4 is 61.0 Å². The summed E-state index contributed by atoms with van der Waals surface area (Å²) in [6.45, 7) is 3.94. The molecule has 3 fully saturated rings. The Morgan fingerprint density at radius 1 is 0.935 bits per heavy atom. The molecule has 2 bridgehead atoms. The van der Waals surface area contributed by atoms with Crippen LogP contribution in [0.1, 0.15) is 27.9 Å². The number of halogens is 2. The van der Waals surface area contributed by atoms with Crippen molar-refractivity contribution in [2.45, 2.75) is 29.9 Å². The molecule has 3 aliphatic rings. The van der Waals surface area contributed by atoms with Crippen LogP contribution in [0.5, 0.6) is 0 Å². The minimum absolute atomic E-state index is 0.136. The summed E-state index contributed by atoms with van der Waals surface area (Å²) < 4.78 is 0. The Bertz CT molecular complexity index is 1090. The van der Waals surface area contributed by atoms with E-state index in [1.165, 1.54) is 4.90 Å². The first-order valence-corrected chi connectivity index (χ1v) is 12.3. The Morgan fingerprint density at radius 3 is 2.19 bits per heavy atom. The van der Waals surface area contributed by atoms with Gasteiger partial charge in [-0.3, -0.25) is 14.4 Å². The zero-order valence-electron chi connectivity index (χ0n) is 17.1. The minimum atomic E-state index is -0.332. The summed E-state index contributed by atoms with van der Waals surface area (Å²) in [6, 6.07) is 12.6. The first-order chi connectivity index (χ1) is 14.8. The van der Waals surface area contributed by atoms with E-state index in [0.29, 0.717) is 11.3 Å². The number of alkyl halides is 2. The lowest BCUT2D eigenvalue weighted by Crippen LogP contribution is -2.37. The third-order valence-corrected chi connectivity index (χ3v) is 10.4. The van der Waals surface area contributed by atoms with Gasteiger partial charge in [0.1, 0.15) is 0 Å². The molecule has 7 heteroatoms. The topological polar surface area (TPSA) is 66.5 Å². The van der Waals surface area contributed by atoms with Crippen molar-refractivity contribution < 1.29 is 14.4 Å². The summed E-state index contributed by atoms with van der Waals surface area (Å²) in [5, 5.41) is 2.95. The van der Waals surface area contributed by atoms with Gasteiger partial charge in [-0.25, -0.2) is 4.90 Å². The highest BCUT2D eigenvalue weighted by Crippen LogP contribution is 2.60. The number of nitrogens with one attached hydrogen (secondary N) is 1. The molecule has 0 unspecified atom stereocenters. The largest absolute Gasteiger partial charge is 0.322 e. The second kappa shape index (κ2) is 7.55. The van der Waals surface area contributed by atoms with Gasteiger partial charge in [0.05, 0.1) is 23.1 Å². The maximum Gasteiger partial charge on any atom is 0.257 e. The Kier molecular flexibility index (Phi) is 5.09. The highest BCUT2D eigenvalue weighted by molar-refractivity contribution is 9.12. The molecule has 160 valence electrons. The molecular weight excluding hydrogens is 524 g/mol. The predicted octanol–water partition coefficient (Wildman–Crippen LogP) is 4.84. The van der Waals surface area contributed by atoms with Crippen LogP contribution in [0, 0.1) is 37.5 Å². The standard InChI is InChI=1S/C24H22Br2N2O3/c1-11-6-5-8-16(12(11)2)27-22(29)13-7-3-4-9-17(13)28-23(30)18-14-10-15(19(18)24(28)31)21(26)20(14)25/h3-9,14-15,18-21H,10H2,1-2H3,(H,27,29)/t14-,15-,18-,19-,20+,21+/m1/s1.